The van der Waals surface area contributed by atoms with Crippen molar-refractivity contribution in [2.75, 3.05) is 18.0 Å². The van der Waals surface area contributed by atoms with Crippen LogP contribution >= 0.6 is 22.9 Å². The summed E-state index contributed by atoms with van der Waals surface area (Å²) in [6, 6.07) is 11.0. The van der Waals surface area contributed by atoms with E-state index in [0.717, 1.165) is 21.2 Å². The number of sulfonamides is 1. The molecular formula is C22H22ClFN2O5S2. The van der Waals surface area contributed by atoms with Crippen molar-refractivity contribution in [1.29, 1.82) is 0 Å². The highest BCUT2D eigenvalue weighted by molar-refractivity contribution is 7.94. The van der Waals surface area contributed by atoms with Crippen molar-refractivity contribution < 1.29 is 27.1 Å². The second kappa shape index (κ2) is 10.5. The molecule has 1 unspecified atom stereocenters. The summed E-state index contributed by atoms with van der Waals surface area (Å²) in [6.45, 7) is 2.59. The number of halogens is 2. The number of alkyl halides is 1. The Hall–Kier alpha value is -2.69. The molecule has 0 spiro atoms. The normalized spacial score (nSPS) is 12.3. The number of carbonyl (C=O) groups excluding carboxylic acids is 1. The van der Waals surface area contributed by atoms with Gasteiger partial charge in [-0.2, -0.15) is 8.42 Å². The number of carbonyl (C=O) groups is 1. The number of aryl methyl sites for hydroxylation is 1. The monoisotopic (exact) mass is 512 g/mol. The summed E-state index contributed by atoms with van der Waals surface area (Å²) in [6.07, 6.45) is -1.45. The minimum atomic E-state index is -4.14. The number of nitrogens with zero attached hydrogens (tertiary/aromatic N) is 2. The molecule has 0 N–H and O–H groups in total. The fourth-order valence-corrected chi connectivity index (χ4v) is 5.77. The van der Waals surface area contributed by atoms with Crippen LogP contribution in [0.3, 0.4) is 0 Å². The van der Waals surface area contributed by atoms with Gasteiger partial charge in [0.2, 0.25) is 4.34 Å². The number of ether oxygens (including phenoxy) is 2. The zero-order valence-electron chi connectivity index (χ0n) is 18.1. The third-order valence-electron chi connectivity index (χ3n) is 4.49. The van der Waals surface area contributed by atoms with Crippen LogP contribution in [0.15, 0.2) is 52.2 Å². The molecule has 0 saturated heterocycles. The molecular weight excluding hydrogens is 491 g/mol. The minimum Gasteiger partial charge on any atom is -0.487 e. The van der Waals surface area contributed by atoms with Crippen molar-refractivity contribution in [2.45, 2.75) is 31.0 Å². The van der Waals surface area contributed by atoms with Crippen molar-refractivity contribution in [3.63, 3.8) is 0 Å². The van der Waals surface area contributed by atoms with Gasteiger partial charge in [0.25, 0.3) is 10.0 Å². The van der Waals surface area contributed by atoms with Crippen LogP contribution in [-0.4, -0.2) is 39.2 Å². The van der Waals surface area contributed by atoms with E-state index in [2.05, 4.69) is 9.72 Å². The SMILES string of the molecule is COC(=O)c1ccc(COc2cc(Cl)ccc2N(CC(C)F)S(=O)(=O)c2nc(C)cs2)cc1. The second-order valence-corrected chi connectivity index (χ2v) is 10.5. The van der Waals surface area contributed by atoms with Gasteiger partial charge in [-0.05, 0) is 43.7 Å². The van der Waals surface area contributed by atoms with Gasteiger partial charge in [0.05, 0.1) is 24.9 Å². The van der Waals surface area contributed by atoms with Crippen LogP contribution in [0.2, 0.25) is 5.02 Å². The number of rotatable bonds is 9. The molecule has 1 atom stereocenters. The van der Waals surface area contributed by atoms with E-state index in [4.69, 9.17) is 16.3 Å². The number of esters is 1. The number of hydrogen-bond acceptors (Lipinski definition) is 7. The van der Waals surface area contributed by atoms with Gasteiger partial charge in [0.1, 0.15) is 18.5 Å². The van der Waals surface area contributed by atoms with Gasteiger partial charge in [-0.25, -0.2) is 14.2 Å². The first kappa shape index (κ1) is 24.9. The summed E-state index contributed by atoms with van der Waals surface area (Å²) in [5, 5.41) is 1.94. The van der Waals surface area contributed by atoms with E-state index in [1.165, 1.54) is 32.2 Å². The largest absolute Gasteiger partial charge is 0.487 e. The summed E-state index contributed by atoms with van der Waals surface area (Å²) in [4.78, 5) is 15.7. The summed E-state index contributed by atoms with van der Waals surface area (Å²) in [5.41, 5.74) is 1.80. The van der Waals surface area contributed by atoms with Gasteiger partial charge < -0.3 is 9.47 Å². The van der Waals surface area contributed by atoms with Gasteiger partial charge in [0, 0.05) is 22.2 Å². The average Bonchev–Trinajstić information content (AvgIpc) is 3.23. The highest BCUT2D eigenvalue weighted by atomic mass is 35.5. The number of thiazole rings is 1. The Morgan fingerprint density at radius 2 is 1.94 bits per heavy atom. The molecule has 0 amide bonds. The topological polar surface area (TPSA) is 85.8 Å². The lowest BCUT2D eigenvalue weighted by Crippen LogP contribution is -2.35. The molecule has 11 heteroatoms. The lowest BCUT2D eigenvalue weighted by molar-refractivity contribution is 0.0600. The van der Waals surface area contributed by atoms with Crippen molar-refractivity contribution in [2.24, 2.45) is 0 Å². The highest BCUT2D eigenvalue weighted by Gasteiger charge is 2.31. The van der Waals surface area contributed by atoms with Gasteiger partial charge in [-0.15, -0.1) is 11.3 Å². The van der Waals surface area contributed by atoms with E-state index >= 15 is 0 Å². The molecule has 3 aromatic rings. The first-order chi connectivity index (χ1) is 15.6. The Morgan fingerprint density at radius 3 is 2.52 bits per heavy atom. The Morgan fingerprint density at radius 1 is 1.24 bits per heavy atom. The smallest absolute Gasteiger partial charge is 0.337 e. The van der Waals surface area contributed by atoms with Crippen molar-refractivity contribution in [3.8, 4) is 5.75 Å². The number of methoxy groups -OCH3 is 1. The van der Waals surface area contributed by atoms with E-state index in [1.54, 1.807) is 36.6 Å². The molecule has 0 aliphatic heterocycles. The lowest BCUT2D eigenvalue weighted by atomic mass is 10.1. The van der Waals surface area contributed by atoms with E-state index in [0.29, 0.717) is 16.3 Å². The zero-order valence-corrected chi connectivity index (χ0v) is 20.5. The van der Waals surface area contributed by atoms with E-state index < -0.39 is 28.7 Å². The van der Waals surface area contributed by atoms with Crippen LogP contribution in [0.5, 0.6) is 5.75 Å². The Bertz CT molecular complexity index is 1230. The maximum atomic E-state index is 14.1. The molecule has 0 saturated carbocycles. The molecule has 0 aliphatic rings. The third kappa shape index (κ3) is 6.01. The molecule has 0 aliphatic carbocycles. The average molecular weight is 513 g/mol. The number of benzene rings is 2. The van der Waals surface area contributed by atoms with Gasteiger partial charge in [0.15, 0.2) is 0 Å². The number of hydrogen-bond donors (Lipinski definition) is 0. The second-order valence-electron chi connectivity index (χ2n) is 7.16. The van der Waals surface area contributed by atoms with Crippen LogP contribution in [0.4, 0.5) is 10.1 Å². The van der Waals surface area contributed by atoms with Crippen molar-refractivity contribution in [3.05, 3.63) is 69.7 Å². The lowest BCUT2D eigenvalue weighted by Gasteiger charge is -2.26. The number of aromatic nitrogens is 1. The molecule has 0 bridgehead atoms. The van der Waals surface area contributed by atoms with Crippen molar-refractivity contribution in [1.82, 2.24) is 4.98 Å². The van der Waals surface area contributed by atoms with Crippen LogP contribution in [0, 0.1) is 6.92 Å². The molecule has 0 fully saturated rings. The van der Waals surface area contributed by atoms with Crippen LogP contribution < -0.4 is 9.04 Å². The number of anilines is 1. The standard InChI is InChI=1S/C22H22ClFN2O5S2/c1-14(24)11-26(33(28,29)22-25-15(2)13-32-22)19-9-8-18(23)10-20(19)31-12-16-4-6-17(7-5-16)21(27)30-3/h4-10,13-14H,11-12H2,1-3H3. The molecule has 3 rings (SSSR count). The maximum Gasteiger partial charge on any atom is 0.337 e. The first-order valence-electron chi connectivity index (χ1n) is 9.80. The van der Waals surface area contributed by atoms with Gasteiger partial charge >= 0.3 is 5.97 Å². The predicted octanol–water partition coefficient (Wildman–Crippen LogP) is 5.02. The van der Waals surface area contributed by atoms with E-state index in [1.807, 2.05) is 0 Å². The summed E-state index contributed by atoms with van der Waals surface area (Å²) >= 11 is 7.09. The van der Waals surface area contributed by atoms with Crippen molar-refractivity contribution >= 4 is 44.6 Å². The molecule has 176 valence electrons. The molecule has 33 heavy (non-hydrogen) atoms. The quantitative estimate of drug-likeness (QED) is 0.374. The minimum absolute atomic E-state index is 0.0597. The molecule has 0 radical (unpaired) electrons. The molecule has 7 nitrogen and oxygen atoms in total. The maximum absolute atomic E-state index is 14.1. The zero-order chi connectivity index (χ0) is 24.2. The fraction of sp³-hybridized carbons (Fsp3) is 0.273. The van der Waals surface area contributed by atoms with E-state index in [9.17, 15) is 17.6 Å². The van der Waals surface area contributed by atoms with Gasteiger partial charge in [-0.1, -0.05) is 23.7 Å². The third-order valence-corrected chi connectivity index (χ3v) is 7.85. The Labute approximate surface area is 200 Å². The summed E-state index contributed by atoms with van der Waals surface area (Å²) in [5.74, 6) is -0.296. The van der Waals surface area contributed by atoms with Crippen LogP contribution in [0.25, 0.3) is 0 Å². The van der Waals surface area contributed by atoms with Gasteiger partial charge in [-0.3, -0.25) is 4.31 Å². The molecule has 2 aromatic carbocycles. The Kier molecular flexibility index (Phi) is 7.93. The fourth-order valence-electron chi connectivity index (χ4n) is 2.93. The molecule has 1 aromatic heterocycles. The predicted molar refractivity (Wildman–Crippen MR) is 126 cm³/mol. The highest BCUT2D eigenvalue weighted by Crippen LogP contribution is 2.36. The molecule has 1 heterocycles. The first-order valence-corrected chi connectivity index (χ1v) is 12.5. The summed E-state index contributed by atoms with van der Waals surface area (Å²) in [7, 11) is -2.84. The Balaban J connectivity index is 1.94. The van der Waals surface area contributed by atoms with Crippen LogP contribution in [0.1, 0.15) is 28.5 Å². The van der Waals surface area contributed by atoms with E-state index in [-0.39, 0.29) is 22.4 Å². The summed E-state index contributed by atoms with van der Waals surface area (Å²) < 4.78 is 52.0. The van der Waals surface area contributed by atoms with Crippen LogP contribution in [-0.2, 0) is 21.4 Å².